The lowest BCUT2D eigenvalue weighted by atomic mass is 9.92. The van der Waals surface area contributed by atoms with Crippen molar-refractivity contribution in [3.63, 3.8) is 0 Å². The van der Waals surface area contributed by atoms with Crippen LogP contribution >= 0.6 is 0 Å². The molecule has 206 valence electrons. The van der Waals surface area contributed by atoms with Crippen LogP contribution in [-0.2, 0) is 28.5 Å². The number of benzene rings is 2. The topological polar surface area (TPSA) is 71.1 Å². The standard InChI is InChI=1S/C31H39FO6/c1-19-13-20(2)25(26(14-19)22-9-12-27(32)21(3)15-22)11-10-23-16-24(38-31(7,8)37-23)17-28(33)35-18-36-29(34)30(4,5)6/h9-15,23-24H,16-18H2,1-8H3/b11-10+/t23-,24-/m1/s1. The van der Waals surface area contributed by atoms with E-state index in [0.29, 0.717) is 12.0 Å². The van der Waals surface area contributed by atoms with Gasteiger partial charge in [-0.05, 0) is 95.3 Å². The molecule has 1 aliphatic heterocycles. The summed E-state index contributed by atoms with van der Waals surface area (Å²) in [6.07, 6.45) is 3.72. The Labute approximate surface area is 225 Å². The van der Waals surface area contributed by atoms with Gasteiger partial charge in [0, 0.05) is 6.42 Å². The molecular weight excluding hydrogens is 487 g/mol. The van der Waals surface area contributed by atoms with Gasteiger partial charge in [-0.15, -0.1) is 0 Å². The maximum atomic E-state index is 13.9. The molecule has 0 aromatic heterocycles. The fourth-order valence-corrected chi connectivity index (χ4v) is 4.46. The van der Waals surface area contributed by atoms with Crippen molar-refractivity contribution in [1.29, 1.82) is 0 Å². The van der Waals surface area contributed by atoms with Crippen LogP contribution in [0.15, 0.2) is 36.4 Å². The second-order valence-corrected chi connectivity index (χ2v) is 11.4. The molecule has 0 amide bonds. The van der Waals surface area contributed by atoms with Crippen molar-refractivity contribution < 1.29 is 32.9 Å². The van der Waals surface area contributed by atoms with Gasteiger partial charge in [-0.2, -0.15) is 0 Å². The van der Waals surface area contributed by atoms with Gasteiger partial charge in [-0.3, -0.25) is 9.59 Å². The zero-order chi connectivity index (χ0) is 28.3. The number of ether oxygens (including phenoxy) is 4. The number of halogens is 1. The lowest BCUT2D eigenvalue weighted by Gasteiger charge is -2.39. The second kappa shape index (κ2) is 11.8. The average molecular weight is 527 g/mol. The van der Waals surface area contributed by atoms with Gasteiger partial charge < -0.3 is 18.9 Å². The summed E-state index contributed by atoms with van der Waals surface area (Å²) in [5.74, 6) is -2.10. The summed E-state index contributed by atoms with van der Waals surface area (Å²) in [6, 6.07) is 9.35. The lowest BCUT2D eigenvalue weighted by Crippen LogP contribution is -2.44. The normalized spacial score (nSPS) is 19.4. The Bertz CT molecular complexity index is 1210. The van der Waals surface area contributed by atoms with Crippen LogP contribution in [0, 0.1) is 32.0 Å². The van der Waals surface area contributed by atoms with Gasteiger partial charge in [-0.1, -0.05) is 35.9 Å². The number of carbonyl (C=O) groups is 2. The minimum absolute atomic E-state index is 0.00780. The predicted molar refractivity (Wildman–Crippen MR) is 145 cm³/mol. The van der Waals surface area contributed by atoms with Crippen LogP contribution in [0.4, 0.5) is 4.39 Å². The summed E-state index contributed by atoms with van der Waals surface area (Å²) < 4.78 is 36.1. The molecule has 0 radical (unpaired) electrons. The third-order valence-electron chi connectivity index (χ3n) is 6.28. The fraction of sp³-hybridized carbons (Fsp3) is 0.484. The molecule has 0 spiro atoms. The van der Waals surface area contributed by atoms with Gasteiger partial charge in [0.15, 0.2) is 5.79 Å². The molecule has 0 saturated carbocycles. The fourth-order valence-electron chi connectivity index (χ4n) is 4.46. The lowest BCUT2D eigenvalue weighted by molar-refractivity contribution is -0.290. The van der Waals surface area contributed by atoms with E-state index in [1.54, 1.807) is 47.6 Å². The summed E-state index contributed by atoms with van der Waals surface area (Å²) in [6.45, 7) is 14.2. The molecule has 0 N–H and O–H groups in total. The first-order valence-corrected chi connectivity index (χ1v) is 12.9. The van der Waals surface area contributed by atoms with Crippen LogP contribution in [0.25, 0.3) is 17.2 Å². The third-order valence-corrected chi connectivity index (χ3v) is 6.28. The minimum Gasteiger partial charge on any atom is -0.428 e. The predicted octanol–water partition coefficient (Wildman–Crippen LogP) is 6.82. The minimum atomic E-state index is -0.907. The number of aryl methyl sites for hydroxylation is 3. The number of rotatable bonds is 7. The first kappa shape index (κ1) is 29.5. The number of hydrogen-bond donors (Lipinski definition) is 0. The quantitative estimate of drug-likeness (QED) is 0.291. The van der Waals surface area contributed by atoms with E-state index < -0.39 is 36.0 Å². The van der Waals surface area contributed by atoms with Gasteiger partial charge in [0.2, 0.25) is 6.79 Å². The molecule has 2 atom stereocenters. The maximum Gasteiger partial charge on any atom is 0.314 e. The van der Waals surface area contributed by atoms with Crippen LogP contribution in [0.1, 0.15) is 69.7 Å². The number of carbonyl (C=O) groups excluding carboxylic acids is 2. The Morgan fingerprint density at radius 1 is 1.05 bits per heavy atom. The van der Waals surface area contributed by atoms with Crippen molar-refractivity contribution in [3.05, 3.63) is 64.5 Å². The van der Waals surface area contributed by atoms with Crippen molar-refractivity contribution in [2.45, 2.75) is 86.2 Å². The van der Waals surface area contributed by atoms with E-state index in [-0.39, 0.29) is 18.3 Å². The Balaban J connectivity index is 1.73. The molecule has 0 bridgehead atoms. The zero-order valence-corrected chi connectivity index (χ0v) is 23.6. The van der Waals surface area contributed by atoms with Crippen molar-refractivity contribution in [3.8, 4) is 11.1 Å². The smallest absolute Gasteiger partial charge is 0.314 e. The molecule has 6 nitrogen and oxygen atoms in total. The van der Waals surface area contributed by atoms with Gasteiger partial charge in [-0.25, -0.2) is 4.39 Å². The SMILES string of the molecule is Cc1cc(C)c(/C=C/[C@@H]2C[C@H](CC(=O)OCOC(=O)C(C)(C)C)OC(C)(C)O2)c(-c2ccc(F)c(C)c2)c1. The summed E-state index contributed by atoms with van der Waals surface area (Å²) in [7, 11) is 0. The molecule has 2 aromatic carbocycles. The van der Waals surface area contributed by atoms with Crippen molar-refractivity contribution in [1.82, 2.24) is 0 Å². The Hall–Kier alpha value is -3.03. The molecule has 1 saturated heterocycles. The van der Waals surface area contributed by atoms with Gasteiger partial charge in [0.1, 0.15) is 5.82 Å². The monoisotopic (exact) mass is 526 g/mol. The van der Waals surface area contributed by atoms with Gasteiger partial charge in [0.05, 0.1) is 24.0 Å². The number of esters is 2. The maximum absolute atomic E-state index is 13.9. The molecule has 0 aliphatic carbocycles. The largest absolute Gasteiger partial charge is 0.428 e. The van der Waals surface area contributed by atoms with Crippen LogP contribution in [-0.4, -0.2) is 36.7 Å². The Morgan fingerprint density at radius 2 is 1.76 bits per heavy atom. The average Bonchev–Trinajstić information content (AvgIpc) is 2.78. The van der Waals surface area contributed by atoms with Crippen LogP contribution in [0.5, 0.6) is 0 Å². The molecule has 2 aromatic rings. The zero-order valence-electron chi connectivity index (χ0n) is 23.6. The van der Waals surface area contributed by atoms with Crippen LogP contribution in [0.3, 0.4) is 0 Å². The summed E-state index contributed by atoms with van der Waals surface area (Å²) in [5.41, 5.74) is 5.10. The summed E-state index contributed by atoms with van der Waals surface area (Å²) in [5, 5.41) is 0. The number of hydrogen-bond acceptors (Lipinski definition) is 6. The third kappa shape index (κ3) is 7.98. The molecule has 1 heterocycles. The van der Waals surface area contributed by atoms with Crippen molar-refractivity contribution in [2.75, 3.05) is 6.79 Å². The van der Waals surface area contributed by atoms with Crippen LogP contribution < -0.4 is 0 Å². The molecule has 0 unspecified atom stereocenters. The van der Waals surface area contributed by atoms with Crippen molar-refractivity contribution in [2.24, 2.45) is 5.41 Å². The summed E-state index contributed by atoms with van der Waals surface area (Å²) >= 11 is 0. The first-order valence-electron chi connectivity index (χ1n) is 12.9. The van der Waals surface area contributed by atoms with E-state index in [0.717, 1.165) is 27.8 Å². The first-order chi connectivity index (χ1) is 17.6. The molecule has 1 aliphatic rings. The van der Waals surface area contributed by atoms with E-state index in [2.05, 4.69) is 12.1 Å². The Morgan fingerprint density at radius 3 is 2.42 bits per heavy atom. The molecular formula is C31H39FO6. The van der Waals surface area contributed by atoms with Gasteiger partial charge in [0.25, 0.3) is 0 Å². The highest BCUT2D eigenvalue weighted by atomic mass is 19.1. The van der Waals surface area contributed by atoms with E-state index in [9.17, 15) is 14.0 Å². The van der Waals surface area contributed by atoms with E-state index in [1.165, 1.54) is 6.07 Å². The van der Waals surface area contributed by atoms with E-state index in [1.807, 2.05) is 32.1 Å². The van der Waals surface area contributed by atoms with Gasteiger partial charge >= 0.3 is 11.9 Å². The molecule has 1 fully saturated rings. The van der Waals surface area contributed by atoms with E-state index in [4.69, 9.17) is 18.9 Å². The second-order valence-electron chi connectivity index (χ2n) is 11.4. The van der Waals surface area contributed by atoms with Crippen LogP contribution in [0.2, 0.25) is 0 Å². The molecule has 3 rings (SSSR count). The van der Waals surface area contributed by atoms with Crippen molar-refractivity contribution >= 4 is 18.0 Å². The Kier molecular flexibility index (Phi) is 9.16. The highest BCUT2D eigenvalue weighted by Gasteiger charge is 2.36. The highest BCUT2D eigenvalue weighted by molar-refractivity contribution is 5.78. The molecule has 38 heavy (non-hydrogen) atoms. The highest BCUT2D eigenvalue weighted by Crippen LogP contribution is 2.33. The van der Waals surface area contributed by atoms with E-state index >= 15 is 0 Å². The summed E-state index contributed by atoms with van der Waals surface area (Å²) in [4.78, 5) is 24.3. The molecule has 7 heteroatoms.